The van der Waals surface area contributed by atoms with E-state index in [2.05, 4.69) is 19.2 Å². The Hall–Kier alpha value is -2.60. The molecule has 1 atom stereocenters. The molecule has 5 nitrogen and oxygen atoms in total. The topological polar surface area (TPSA) is 64.0 Å². The van der Waals surface area contributed by atoms with E-state index in [-0.39, 0.29) is 23.3 Å². The second-order valence-electron chi connectivity index (χ2n) is 7.52. The van der Waals surface area contributed by atoms with Crippen molar-refractivity contribution in [2.24, 2.45) is 5.92 Å². The van der Waals surface area contributed by atoms with Crippen LogP contribution in [0.4, 0.5) is 0 Å². The summed E-state index contributed by atoms with van der Waals surface area (Å²) in [5.41, 5.74) is 2.44. The number of nitrogens with one attached hydrogen (secondary N) is 1. The van der Waals surface area contributed by atoms with Crippen molar-refractivity contribution in [3.63, 3.8) is 0 Å². The maximum absolute atomic E-state index is 13.3. The highest BCUT2D eigenvalue weighted by Crippen LogP contribution is 2.32. The molecule has 6 heteroatoms. The van der Waals surface area contributed by atoms with Crippen molar-refractivity contribution in [3.05, 3.63) is 64.4 Å². The number of hydrogen-bond donors (Lipinski definition) is 1. The Morgan fingerprint density at radius 1 is 1.21 bits per heavy atom. The summed E-state index contributed by atoms with van der Waals surface area (Å²) in [7, 11) is 0. The number of fused-ring (bicyclic) bond motifs is 1. The summed E-state index contributed by atoms with van der Waals surface area (Å²) < 4.78 is 1.66. The molecule has 0 bridgehead atoms. The molecule has 1 aliphatic rings. The zero-order valence-electron chi connectivity index (χ0n) is 16.7. The van der Waals surface area contributed by atoms with E-state index in [4.69, 9.17) is 4.98 Å². The number of aryl methyl sites for hydroxylation is 1. The summed E-state index contributed by atoms with van der Waals surface area (Å²) in [6, 6.07) is 15.4. The molecule has 3 aromatic rings. The highest BCUT2D eigenvalue weighted by atomic mass is 32.2. The van der Waals surface area contributed by atoms with E-state index in [1.165, 1.54) is 24.6 Å². The van der Waals surface area contributed by atoms with E-state index >= 15 is 0 Å². The van der Waals surface area contributed by atoms with Crippen molar-refractivity contribution >= 4 is 28.6 Å². The van der Waals surface area contributed by atoms with Crippen molar-refractivity contribution in [2.75, 3.05) is 5.75 Å². The van der Waals surface area contributed by atoms with Gasteiger partial charge in [0.1, 0.15) is 0 Å². The molecule has 29 heavy (non-hydrogen) atoms. The molecule has 0 saturated heterocycles. The minimum absolute atomic E-state index is 0.0212. The number of thioether (sulfide) groups is 1. The molecule has 150 valence electrons. The van der Waals surface area contributed by atoms with Gasteiger partial charge in [-0.2, -0.15) is 0 Å². The number of nitrogens with zero attached hydrogens (tertiary/aromatic N) is 2. The second kappa shape index (κ2) is 8.41. The van der Waals surface area contributed by atoms with Gasteiger partial charge in [0.25, 0.3) is 5.56 Å². The quantitative estimate of drug-likeness (QED) is 0.476. The van der Waals surface area contributed by atoms with Gasteiger partial charge in [0.05, 0.1) is 22.3 Å². The van der Waals surface area contributed by atoms with Crippen LogP contribution in [-0.4, -0.2) is 27.3 Å². The van der Waals surface area contributed by atoms with Crippen molar-refractivity contribution in [1.82, 2.24) is 14.9 Å². The maximum atomic E-state index is 13.3. The minimum Gasteiger partial charge on any atom is -0.353 e. The van der Waals surface area contributed by atoms with Gasteiger partial charge in [0, 0.05) is 6.04 Å². The van der Waals surface area contributed by atoms with Crippen LogP contribution >= 0.6 is 11.8 Å². The predicted molar refractivity (Wildman–Crippen MR) is 118 cm³/mol. The molecule has 0 aliphatic heterocycles. The number of hydrogen-bond acceptors (Lipinski definition) is 4. The van der Waals surface area contributed by atoms with E-state index in [0.29, 0.717) is 22.0 Å². The fourth-order valence-electron chi connectivity index (χ4n) is 3.59. The molecule has 2 aromatic carbocycles. The lowest BCUT2D eigenvalue weighted by atomic mass is 10.1. The number of carbonyl (C=O) groups is 1. The van der Waals surface area contributed by atoms with Gasteiger partial charge < -0.3 is 5.32 Å². The average molecular weight is 408 g/mol. The number of amides is 1. The zero-order chi connectivity index (χ0) is 20.4. The highest BCUT2D eigenvalue weighted by molar-refractivity contribution is 7.99. The largest absolute Gasteiger partial charge is 0.353 e. The van der Waals surface area contributed by atoms with Gasteiger partial charge in [-0.1, -0.05) is 49.0 Å². The summed E-state index contributed by atoms with van der Waals surface area (Å²) in [5, 5.41) is 4.19. The summed E-state index contributed by atoms with van der Waals surface area (Å²) >= 11 is 1.31. The SMILES string of the molecule is CCc1ccccc1-n1c(SCC(=O)N[C@@H](C)C2CC2)nc2ccccc2c1=O. The summed E-state index contributed by atoms with van der Waals surface area (Å²) in [5.74, 6) is 0.820. The molecule has 1 aromatic heterocycles. The van der Waals surface area contributed by atoms with Crippen LogP contribution < -0.4 is 10.9 Å². The van der Waals surface area contributed by atoms with Crippen molar-refractivity contribution in [2.45, 2.75) is 44.3 Å². The van der Waals surface area contributed by atoms with Gasteiger partial charge in [-0.05, 0) is 55.9 Å². The highest BCUT2D eigenvalue weighted by Gasteiger charge is 2.29. The zero-order valence-corrected chi connectivity index (χ0v) is 17.5. The van der Waals surface area contributed by atoms with E-state index in [0.717, 1.165) is 17.7 Å². The van der Waals surface area contributed by atoms with Crippen LogP contribution in [0.3, 0.4) is 0 Å². The fourth-order valence-corrected chi connectivity index (χ4v) is 4.41. The minimum atomic E-state index is -0.106. The summed E-state index contributed by atoms with van der Waals surface area (Å²) in [4.78, 5) is 30.5. The molecular weight excluding hydrogens is 382 g/mol. The van der Waals surface area contributed by atoms with Crippen molar-refractivity contribution in [1.29, 1.82) is 0 Å². The van der Waals surface area contributed by atoms with Gasteiger partial charge in [-0.25, -0.2) is 4.98 Å². The molecule has 1 N–H and O–H groups in total. The Kier molecular flexibility index (Phi) is 5.72. The molecule has 1 heterocycles. The monoisotopic (exact) mass is 407 g/mol. The average Bonchev–Trinajstić information content (AvgIpc) is 3.58. The van der Waals surface area contributed by atoms with Crippen molar-refractivity contribution < 1.29 is 4.79 Å². The second-order valence-corrected chi connectivity index (χ2v) is 8.46. The van der Waals surface area contributed by atoms with E-state index in [1.807, 2.05) is 42.5 Å². The molecule has 0 radical (unpaired) electrons. The first-order chi connectivity index (χ1) is 14.1. The number of para-hydroxylation sites is 2. The molecule has 0 unspecified atom stereocenters. The first kappa shape index (κ1) is 19.7. The standard InChI is InChI=1S/C23H25N3O2S/c1-3-16-8-4-7-11-20(16)26-22(28)18-9-5-6-10-19(18)25-23(26)29-14-21(27)24-15(2)17-12-13-17/h4-11,15,17H,3,12-14H2,1-2H3,(H,24,27)/t15-/m0/s1. The molecular formula is C23H25N3O2S. The van der Waals surface area contributed by atoms with E-state index in [9.17, 15) is 9.59 Å². The molecule has 1 aliphatic carbocycles. The van der Waals surface area contributed by atoms with Crippen molar-refractivity contribution in [3.8, 4) is 5.69 Å². The first-order valence-electron chi connectivity index (χ1n) is 10.1. The van der Waals surface area contributed by atoms with E-state index < -0.39 is 0 Å². The van der Waals surface area contributed by atoms with Crippen LogP contribution in [0.15, 0.2) is 58.5 Å². The maximum Gasteiger partial charge on any atom is 0.266 e. The van der Waals surface area contributed by atoms with Crippen LogP contribution in [0.25, 0.3) is 16.6 Å². The van der Waals surface area contributed by atoms with Gasteiger partial charge in [0.2, 0.25) is 5.91 Å². The Bertz CT molecular complexity index is 1100. The van der Waals surface area contributed by atoms with Gasteiger partial charge in [0.15, 0.2) is 5.16 Å². The molecule has 1 fully saturated rings. The lowest BCUT2D eigenvalue weighted by Gasteiger charge is -2.16. The number of rotatable bonds is 7. The molecule has 1 amide bonds. The fraction of sp³-hybridized carbons (Fsp3) is 0.348. The van der Waals surface area contributed by atoms with Crippen LogP contribution in [0.2, 0.25) is 0 Å². The molecule has 4 rings (SSSR count). The summed E-state index contributed by atoms with van der Waals surface area (Å²) in [6.07, 6.45) is 3.18. The summed E-state index contributed by atoms with van der Waals surface area (Å²) in [6.45, 7) is 4.12. The van der Waals surface area contributed by atoms with Gasteiger partial charge >= 0.3 is 0 Å². The van der Waals surface area contributed by atoms with Crippen LogP contribution in [0.5, 0.6) is 0 Å². The van der Waals surface area contributed by atoms with Crippen LogP contribution in [0, 0.1) is 5.92 Å². The smallest absolute Gasteiger partial charge is 0.266 e. The Morgan fingerprint density at radius 2 is 1.93 bits per heavy atom. The van der Waals surface area contributed by atoms with E-state index in [1.54, 1.807) is 10.6 Å². The Labute approximate surface area is 174 Å². The number of carbonyl (C=O) groups excluding carboxylic acids is 1. The molecule has 0 spiro atoms. The first-order valence-corrected chi connectivity index (χ1v) is 11.1. The number of benzene rings is 2. The Balaban J connectivity index is 1.71. The number of aromatic nitrogens is 2. The van der Waals surface area contributed by atoms with Gasteiger partial charge in [-0.3, -0.25) is 14.2 Å². The lowest BCUT2D eigenvalue weighted by Crippen LogP contribution is -2.35. The normalized spacial score (nSPS) is 14.7. The molecule has 1 saturated carbocycles. The third kappa shape index (κ3) is 4.22. The van der Waals surface area contributed by atoms with Crippen LogP contribution in [0.1, 0.15) is 32.3 Å². The van der Waals surface area contributed by atoms with Gasteiger partial charge in [-0.15, -0.1) is 0 Å². The lowest BCUT2D eigenvalue weighted by molar-refractivity contribution is -0.119. The third-order valence-corrected chi connectivity index (χ3v) is 6.35. The third-order valence-electron chi connectivity index (χ3n) is 5.41. The van der Waals surface area contributed by atoms with Crippen LogP contribution in [-0.2, 0) is 11.2 Å². The predicted octanol–water partition coefficient (Wildman–Crippen LogP) is 3.95. The Morgan fingerprint density at radius 3 is 2.69 bits per heavy atom.